The fourth-order valence-electron chi connectivity index (χ4n) is 6.16. The van der Waals surface area contributed by atoms with Crippen LogP contribution in [0, 0.1) is 28.6 Å². The maximum absolute atomic E-state index is 14.8. The standard InChI is InChI=1S/C19H23FO3/c1-18-9-14(22)17-12(13(18)5-6-16(18)23)4-3-10-7-11(21)8-15(20)19(10,17)2/h7-8,12-14,17,22H,3-6,9H2,1-2H3/t12-,13-,14-,17+,18-,19+/m0/s1. The van der Waals surface area contributed by atoms with Gasteiger partial charge in [0.1, 0.15) is 11.6 Å². The summed E-state index contributed by atoms with van der Waals surface area (Å²) in [6.45, 7) is 3.81. The molecule has 0 heterocycles. The third kappa shape index (κ3) is 1.79. The largest absolute Gasteiger partial charge is 0.393 e. The van der Waals surface area contributed by atoms with Crippen molar-refractivity contribution < 1.29 is 19.1 Å². The molecule has 23 heavy (non-hydrogen) atoms. The molecule has 3 fully saturated rings. The highest BCUT2D eigenvalue weighted by atomic mass is 19.1. The topological polar surface area (TPSA) is 54.4 Å². The molecule has 4 heteroatoms. The number of aliphatic hydroxyl groups is 1. The van der Waals surface area contributed by atoms with Crippen molar-refractivity contribution in [2.75, 3.05) is 0 Å². The lowest BCUT2D eigenvalue weighted by Crippen LogP contribution is -2.56. The van der Waals surface area contributed by atoms with Gasteiger partial charge in [-0.05, 0) is 50.5 Å². The average Bonchev–Trinajstić information content (AvgIpc) is 2.76. The lowest BCUT2D eigenvalue weighted by atomic mass is 9.47. The fraction of sp³-hybridized carbons (Fsp3) is 0.684. The summed E-state index contributed by atoms with van der Waals surface area (Å²) in [5, 5.41) is 10.9. The number of carbonyl (C=O) groups is 2. The summed E-state index contributed by atoms with van der Waals surface area (Å²) < 4.78 is 14.8. The van der Waals surface area contributed by atoms with Crippen molar-refractivity contribution in [3.8, 4) is 0 Å². The van der Waals surface area contributed by atoms with E-state index in [4.69, 9.17) is 0 Å². The van der Waals surface area contributed by atoms with Gasteiger partial charge in [0.2, 0.25) is 0 Å². The van der Waals surface area contributed by atoms with Crippen molar-refractivity contribution in [3.05, 3.63) is 23.6 Å². The van der Waals surface area contributed by atoms with Crippen LogP contribution >= 0.6 is 0 Å². The van der Waals surface area contributed by atoms with Gasteiger partial charge in [0, 0.05) is 29.2 Å². The highest BCUT2D eigenvalue weighted by molar-refractivity contribution is 6.01. The van der Waals surface area contributed by atoms with Crippen LogP contribution in [-0.4, -0.2) is 22.8 Å². The van der Waals surface area contributed by atoms with Gasteiger partial charge in [-0.25, -0.2) is 4.39 Å². The summed E-state index contributed by atoms with van der Waals surface area (Å²) in [5.74, 6) is -0.324. The summed E-state index contributed by atoms with van der Waals surface area (Å²) in [6, 6.07) is 0. The first-order chi connectivity index (χ1) is 10.8. The Morgan fingerprint density at radius 3 is 2.65 bits per heavy atom. The maximum atomic E-state index is 14.8. The summed E-state index contributed by atoms with van der Waals surface area (Å²) >= 11 is 0. The number of hydrogen-bond acceptors (Lipinski definition) is 3. The Balaban J connectivity index is 1.80. The highest BCUT2D eigenvalue weighted by Crippen LogP contribution is 2.65. The molecule has 0 saturated heterocycles. The molecule has 0 radical (unpaired) electrons. The lowest BCUT2D eigenvalue weighted by Gasteiger charge is -2.57. The van der Waals surface area contributed by atoms with E-state index in [-0.39, 0.29) is 29.3 Å². The quantitative estimate of drug-likeness (QED) is 0.746. The normalized spacial score (nSPS) is 49.0. The van der Waals surface area contributed by atoms with Gasteiger partial charge in [-0.15, -0.1) is 0 Å². The van der Waals surface area contributed by atoms with Gasteiger partial charge in [0.15, 0.2) is 5.78 Å². The van der Waals surface area contributed by atoms with E-state index < -0.39 is 22.8 Å². The van der Waals surface area contributed by atoms with Crippen LogP contribution in [0.25, 0.3) is 0 Å². The molecule has 4 aliphatic rings. The molecule has 0 bridgehead atoms. The lowest BCUT2D eigenvalue weighted by molar-refractivity contribution is -0.144. The SMILES string of the molecule is C[C@]12C(F)=CC(=O)C=C1CC[C@@H]1[C@@H]2[C@@H](O)C[C@]2(C)C(=O)CC[C@@H]12. The summed E-state index contributed by atoms with van der Waals surface area (Å²) in [6.07, 6.45) is 5.28. The van der Waals surface area contributed by atoms with Crippen molar-refractivity contribution >= 4 is 11.6 Å². The predicted octanol–water partition coefficient (Wildman–Crippen LogP) is 3.13. The van der Waals surface area contributed by atoms with Crippen molar-refractivity contribution in [2.45, 2.75) is 52.1 Å². The van der Waals surface area contributed by atoms with E-state index in [0.29, 0.717) is 19.3 Å². The molecule has 0 unspecified atom stereocenters. The van der Waals surface area contributed by atoms with Gasteiger partial charge in [0.25, 0.3) is 0 Å². The first-order valence-electron chi connectivity index (χ1n) is 8.62. The number of allylic oxidation sites excluding steroid dienone is 4. The van der Waals surface area contributed by atoms with E-state index in [1.165, 1.54) is 0 Å². The molecule has 0 amide bonds. The third-order valence-corrected chi connectivity index (χ3v) is 7.33. The van der Waals surface area contributed by atoms with Crippen LogP contribution in [-0.2, 0) is 9.59 Å². The summed E-state index contributed by atoms with van der Waals surface area (Å²) in [4.78, 5) is 24.1. The molecule has 3 saturated carbocycles. The van der Waals surface area contributed by atoms with Crippen LogP contribution in [0.15, 0.2) is 23.6 Å². The first kappa shape index (κ1) is 15.3. The van der Waals surface area contributed by atoms with E-state index in [2.05, 4.69) is 0 Å². The Labute approximate surface area is 135 Å². The molecule has 0 aliphatic heterocycles. The number of aliphatic hydroxyl groups excluding tert-OH is 1. The number of rotatable bonds is 0. The van der Waals surface area contributed by atoms with E-state index in [1.807, 2.05) is 13.8 Å². The number of Topliss-reactive ketones (excluding diaryl/α,β-unsaturated/α-hetero) is 1. The molecular formula is C19H23FO3. The zero-order valence-corrected chi connectivity index (χ0v) is 13.6. The second-order valence-corrected chi connectivity index (χ2v) is 8.25. The maximum Gasteiger partial charge on any atom is 0.181 e. The summed E-state index contributed by atoms with van der Waals surface area (Å²) in [7, 11) is 0. The highest BCUT2D eigenvalue weighted by Gasteiger charge is 2.63. The zero-order valence-electron chi connectivity index (χ0n) is 13.6. The van der Waals surface area contributed by atoms with E-state index in [0.717, 1.165) is 24.5 Å². The van der Waals surface area contributed by atoms with Crippen LogP contribution in [0.2, 0.25) is 0 Å². The smallest absolute Gasteiger partial charge is 0.181 e. The molecule has 0 aromatic heterocycles. The van der Waals surface area contributed by atoms with Crippen LogP contribution in [0.5, 0.6) is 0 Å². The van der Waals surface area contributed by atoms with Gasteiger partial charge in [0.05, 0.1) is 6.10 Å². The first-order valence-corrected chi connectivity index (χ1v) is 8.62. The van der Waals surface area contributed by atoms with Crippen LogP contribution < -0.4 is 0 Å². The van der Waals surface area contributed by atoms with Crippen molar-refractivity contribution in [1.82, 2.24) is 0 Å². The van der Waals surface area contributed by atoms with Crippen molar-refractivity contribution in [1.29, 1.82) is 0 Å². The van der Waals surface area contributed by atoms with E-state index in [9.17, 15) is 19.1 Å². The van der Waals surface area contributed by atoms with E-state index >= 15 is 0 Å². The fourth-order valence-corrected chi connectivity index (χ4v) is 6.16. The molecular weight excluding hydrogens is 295 g/mol. The van der Waals surface area contributed by atoms with E-state index in [1.54, 1.807) is 6.08 Å². The zero-order chi connectivity index (χ0) is 16.6. The monoisotopic (exact) mass is 318 g/mol. The number of hydrogen-bond donors (Lipinski definition) is 1. The molecule has 3 nitrogen and oxygen atoms in total. The van der Waals surface area contributed by atoms with Crippen LogP contribution in [0.3, 0.4) is 0 Å². The molecule has 6 atom stereocenters. The van der Waals surface area contributed by atoms with Gasteiger partial charge in [-0.3, -0.25) is 9.59 Å². The number of fused-ring (bicyclic) bond motifs is 5. The molecule has 0 aromatic carbocycles. The molecule has 4 rings (SSSR count). The predicted molar refractivity (Wildman–Crippen MR) is 83.1 cm³/mol. The Kier molecular flexibility index (Phi) is 3.07. The van der Waals surface area contributed by atoms with Crippen molar-refractivity contribution in [3.63, 3.8) is 0 Å². The van der Waals surface area contributed by atoms with Gasteiger partial charge >= 0.3 is 0 Å². The third-order valence-electron chi connectivity index (χ3n) is 7.33. The Bertz CT molecular complexity index is 664. The molecule has 4 aliphatic carbocycles. The Hall–Kier alpha value is -1.29. The summed E-state index contributed by atoms with van der Waals surface area (Å²) in [5.41, 5.74) is -0.526. The molecule has 0 spiro atoms. The number of carbonyl (C=O) groups excluding carboxylic acids is 2. The number of halogens is 1. The van der Waals surface area contributed by atoms with Crippen LogP contribution in [0.1, 0.15) is 46.0 Å². The Morgan fingerprint density at radius 2 is 1.91 bits per heavy atom. The minimum absolute atomic E-state index is 0.143. The second kappa shape index (κ2) is 4.62. The molecule has 1 N–H and O–H groups in total. The molecule has 124 valence electrons. The molecule has 0 aromatic rings. The minimum atomic E-state index is -0.886. The number of ketones is 2. The second-order valence-electron chi connectivity index (χ2n) is 8.25. The minimum Gasteiger partial charge on any atom is -0.393 e. The average molecular weight is 318 g/mol. The van der Waals surface area contributed by atoms with Gasteiger partial charge in [-0.1, -0.05) is 12.5 Å². The van der Waals surface area contributed by atoms with Gasteiger partial charge in [-0.2, -0.15) is 0 Å². The van der Waals surface area contributed by atoms with Crippen LogP contribution in [0.4, 0.5) is 4.39 Å². The Morgan fingerprint density at radius 1 is 1.17 bits per heavy atom. The van der Waals surface area contributed by atoms with Crippen molar-refractivity contribution in [2.24, 2.45) is 28.6 Å². The van der Waals surface area contributed by atoms with Gasteiger partial charge < -0.3 is 5.11 Å².